The molecular weight excluding hydrogens is 344 g/mol. The van der Waals surface area contributed by atoms with Crippen LogP contribution in [0.25, 0.3) is 10.9 Å². The Labute approximate surface area is 159 Å². The van der Waals surface area contributed by atoms with Gasteiger partial charge in [0.05, 0.1) is 22.5 Å². The van der Waals surface area contributed by atoms with Crippen molar-refractivity contribution in [3.05, 3.63) is 53.7 Å². The SMILES string of the molecule is CCOC(=O)/C=C1\CCCCC1(C(=S)NC)c1cnc2ccccc2c1. The Morgan fingerprint density at radius 1 is 1.38 bits per heavy atom. The number of ether oxygens (including phenoxy) is 1. The zero-order valence-electron chi connectivity index (χ0n) is 15.2. The van der Waals surface area contributed by atoms with E-state index in [4.69, 9.17) is 17.0 Å². The standard InChI is InChI=1S/C21H24N2O2S/c1-3-25-19(24)13-16-9-6-7-11-21(16,20(26)22-2)17-12-15-8-4-5-10-18(15)23-14-17/h4-5,8,10,12-14H,3,6-7,9,11H2,1-2H3,(H,22,26)/b16-13+. The van der Waals surface area contributed by atoms with Gasteiger partial charge in [-0.3, -0.25) is 4.98 Å². The molecule has 136 valence electrons. The molecule has 0 amide bonds. The molecule has 0 radical (unpaired) electrons. The van der Waals surface area contributed by atoms with Gasteiger partial charge in [0.2, 0.25) is 0 Å². The van der Waals surface area contributed by atoms with Gasteiger partial charge < -0.3 is 10.1 Å². The average Bonchev–Trinajstić information content (AvgIpc) is 2.67. The van der Waals surface area contributed by atoms with E-state index in [0.29, 0.717) is 6.61 Å². The van der Waals surface area contributed by atoms with Gasteiger partial charge >= 0.3 is 5.97 Å². The number of benzene rings is 1. The van der Waals surface area contributed by atoms with Crippen molar-refractivity contribution in [1.29, 1.82) is 0 Å². The molecule has 1 aromatic carbocycles. The van der Waals surface area contributed by atoms with Crippen LogP contribution in [0.2, 0.25) is 0 Å². The highest BCUT2D eigenvalue weighted by molar-refractivity contribution is 7.80. The van der Waals surface area contributed by atoms with Gasteiger partial charge in [0.15, 0.2) is 0 Å². The number of likely N-dealkylation sites (N-methyl/N-ethyl adjacent to an activating group) is 1. The second-order valence-corrected chi connectivity index (χ2v) is 6.94. The van der Waals surface area contributed by atoms with E-state index < -0.39 is 5.41 Å². The average molecular weight is 369 g/mol. The smallest absolute Gasteiger partial charge is 0.330 e. The Bertz CT molecular complexity index is 862. The largest absolute Gasteiger partial charge is 0.463 e. The van der Waals surface area contributed by atoms with Crippen LogP contribution in [0.3, 0.4) is 0 Å². The van der Waals surface area contributed by atoms with Crippen molar-refractivity contribution in [2.75, 3.05) is 13.7 Å². The number of rotatable bonds is 4. The van der Waals surface area contributed by atoms with Crippen molar-refractivity contribution in [3.8, 4) is 0 Å². The van der Waals surface area contributed by atoms with Gasteiger partial charge in [-0.2, -0.15) is 0 Å². The molecule has 0 spiro atoms. The van der Waals surface area contributed by atoms with Crippen molar-refractivity contribution in [2.24, 2.45) is 0 Å². The first kappa shape index (κ1) is 18.5. The Morgan fingerprint density at radius 2 is 2.19 bits per heavy atom. The fourth-order valence-corrected chi connectivity index (χ4v) is 4.19. The van der Waals surface area contributed by atoms with E-state index in [1.54, 1.807) is 6.08 Å². The Balaban J connectivity index is 2.17. The highest BCUT2D eigenvalue weighted by Crippen LogP contribution is 2.44. The summed E-state index contributed by atoms with van der Waals surface area (Å²) in [6.45, 7) is 2.18. The third-order valence-corrected chi connectivity index (χ3v) is 5.63. The number of thiocarbonyl (C=S) groups is 1. The quantitative estimate of drug-likeness (QED) is 0.501. The molecule has 26 heavy (non-hydrogen) atoms. The van der Waals surface area contributed by atoms with Crippen LogP contribution in [0.15, 0.2) is 48.2 Å². The molecule has 1 unspecified atom stereocenters. The first-order valence-electron chi connectivity index (χ1n) is 9.07. The minimum absolute atomic E-state index is 0.304. The van der Waals surface area contributed by atoms with E-state index in [1.165, 1.54) is 0 Å². The molecule has 5 heteroatoms. The molecule has 1 N–H and O–H groups in total. The van der Waals surface area contributed by atoms with Crippen molar-refractivity contribution < 1.29 is 9.53 Å². The van der Waals surface area contributed by atoms with Crippen molar-refractivity contribution in [3.63, 3.8) is 0 Å². The van der Waals surface area contributed by atoms with Crippen LogP contribution < -0.4 is 5.32 Å². The molecule has 1 aliphatic rings. The Hall–Kier alpha value is -2.27. The number of fused-ring (bicyclic) bond motifs is 1. The summed E-state index contributed by atoms with van der Waals surface area (Å²) in [4.78, 5) is 17.5. The summed E-state index contributed by atoms with van der Waals surface area (Å²) in [6.07, 6.45) is 7.32. The predicted octanol–water partition coefficient (Wildman–Crippen LogP) is 4.08. The summed E-state index contributed by atoms with van der Waals surface area (Å²) in [5.41, 5.74) is 2.49. The topological polar surface area (TPSA) is 51.2 Å². The molecule has 1 aliphatic carbocycles. The lowest BCUT2D eigenvalue weighted by Gasteiger charge is -2.40. The maximum absolute atomic E-state index is 12.2. The molecule has 1 saturated carbocycles. The number of hydrogen-bond acceptors (Lipinski definition) is 4. The van der Waals surface area contributed by atoms with Crippen LogP contribution in [0.4, 0.5) is 0 Å². The van der Waals surface area contributed by atoms with Gasteiger partial charge in [0.1, 0.15) is 0 Å². The van der Waals surface area contributed by atoms with Gasteiger partial charge in [0, 0.05) is 24.7 Å². The second kappa shape index (κ2) is 7.96. The highest BCUT2D eigenvalue weighted by Gasteiger charge is 2.42. The number of carbonyl (C=O) groups is 1. The maximum Gasteiger partial charge on any atom is 0.330 e. The number of para-hydroxylation sites is 1. The summed E-state index contributed by atoms with van der Waals surface area (Å²) in [5.74, 6) is -0.304. The minimum atomic E-state index is -0.508. The Kier molecular flexibility index (Phi) is 5.67. The number of esters is 1. The van der Waals surface area contributed by atoms with Crippen LogP contribution in [0.5, 0.6) is 0 Å². The van der Waals surface area contributed by atoms with Crippen LogP contribution in [0, 0.1) is 0 Å². The third-order valence-electron chi connectivity index (χ3n) is 5.07. The van der Waals surface area contributed by atoms with E-state index in [9.17, 15) is 4.79 Å². The van der Waals surface area contributed by atoms with Crippen molar-refractivity contribution >= 4 is 34.1 Å². The van der Waals surface area contributed by atoms with Gasteiger partial charge in [-0.05, 0) is 49.5 Å². The van der Waals surface area contributed by atoms with E-state index in [2.05, 4.69) is 22.4 Å². The molecule has 1 aromatic heterocycles. The van der Waals surface area contributed by atoms with Gasteiger partial charge in [-0.15, -0.1) is 0 Å². The lowest BCUT2D eigenvalue weighted by Crippen LogP contribution is -2.45. The van der Waals surface area contributed by atoms with E-state index in [1.807, 2.05) is 38.4 Å². The monoisotopic (exact) mass is 368 g/mol. The highest BCUT2D eigenvalue weighted by atomic mass is 32.1. The third kappa shape index (κ3) is 3.36. The number of nitrogens with zero attached hydrogens (tertiary/aromatic N) is 1. The van der Waals surface area contributed by atoms with Crippen LogP contribution >= 0.6 is 12.2 Å². The lowest BCUT2D eigenvalue weighted by molar-refractivity contribution is -0.137. The molecular formula is C21H24N2O2S. The fraction of sp³-hybridized carbons (Fsp3) is 0.381. The summed E-state index contributed by atoms with van der Waals surface area (Å²) >= 11 is 5.75. The van der Waals surface area contributed by atoms with Crippen LogP contribution in [-0.4, -0.2) is 29.6 Å². The number of hydrogen-bond donors (Lipinski definition) is 1. The minimum Gasteiger partial charge on any atom is -0.463 e. The van der Waals surface area contributed by atoms with E-state index >= 15 is 0 Å². The van der Waals surface area contributed by atoms with Gasteiger partial charge in [-0.25, -0.2) is 4.79 Å². The first-order chi connectivity index (χ1) is 12.6. The molecule has 0 bridgehead atoms. The van der Waals surface area contributed by atoms with Crippen molar-refractivity contribution in [2.45, 2.75) is 38.0 Å². The molecule has 0 saturated heterocycles. The summed E-state index contributed by atoms with van der Waals surface area (Å²) < 4.78 is 5.16. The molecule has 1 heterocycles. The normalized spacial score (nSPS) is 21.5. The van der Waals surface area contributed by atoms with Crippen LogP contribution in [0.1, 0.15) is 38.2 Å². The van der Waals surface area contributed by atoms with E-state index in [-0.39, 0.29) is 5.97 Å². The molecule has 0 aliphatic heterocycles. The molecule has 1 atom stereocenters. The molecule has 4 nitrogen and oxygen atoms in total. The Morgan fingerprint density at radius 3 is 2.96 bits per heavy atom. The molecule has 2 aromatic rings. The molecule has 1 fully saturated rings. The maximum atomic E-state index is 12.2. The number of pyridine rings is 1. The van der Waals surface area contributed by atoms with Gasteiger partial charge in [-0.1, -0.05) is 36.8 Å². The summed E-state index contributed by atoms with van der Waals surface area (Å²) in [5, 5.41) is 4.24. The van der Waals surface area contributed by atoms with E-state index in [0.717, 1.165) is 52.7 Å². The number of nitrogens with one attached hydrogen (secondary N) is 1. The van der Waals surface area contributed by atoms with Gasteiger partial charge in [0.25, 0.3) is 0 Å². The first-order valence-corrected chi connectivity index (χ1v) is 9.48. The summed E-state index contributed by atoms with van der Waals surface area (Å²) in [6, 6.07) is 10.2. The zero-order chi connectivity index (χ0) is 18.6. The zero-order valence-corrected chi connectivity index (χ0v) is 16.1. The summed E-state index contributed by atoms with van der Waals surface area (Å²) in [7, 11) is 1.84. The second-order valence-electron chi connectivity index (χ2n) is 6.53. The number of aromatic nitrogens is 1. The van der Waals surface area contributed by atoms with Crippen LogP contribution in [-0.2, 0) is 14.9 Å². The fourth-order valence-electron chi connectivity index (χ4n) is 3.84. The molecule has 3 rings (SSSR count). The predicted molar refractivity (Wildman–Crippen MR) is 108 cm³/mol. The van der Waals surface area contributed by atoms with Crippen molar-refractivity contribution in [1.82, 2.24) is 10.3 Å². The lowest BCUT2D eigenvalue weighted by atomic mass is 9.66. The number of carbonyl (C=O) groups excluding carboxylic acids is 1.